The van der Waals surface area contributed by atoms with Crippen molar-refractivity contribution in [2.24, 2.45) is 0 Å². The minimum atomic E-state index is -0.143. The predicted octanol–water partition coefficient (Wildman–Crippen LogP) is 4.45. The van der Waals surface area contributed by atoms with Gasteiger partial charge in [0.15, 0.2) is 0 Å². The minimum absolute atomic E-state index is 0.0384. The summed E-state index contributed by atoms with van der Waals surface area (Å²) in [5, 5.41) is 3.53. The maximum Gasteiger partial charge on any atom is 0.233 e. The van der Waals surface area contributed by atoms with Crippen LogP contribution in [-0.2, 0) is 11.3 Å². The molecule has 1 atom stereocenters. The zero-order valence-corrected chi connectivity index (χ0v) is 13.7. The molecule has 1 N–H and O–H groups in total. The lowest BCUT2D eigenvalue weighted by atomic mass is 10.1. The van der Waals surface area contributed by atoms with Crippen LogP contribution in [0.2, 0.25) is 5.02 Å². The summed E-state index contributed by atoms with van der Waals surface area (Å²) in [6, 6.07) is 15.7. The summed E-state index contributed by atoms with van der Waals surface area (Å²) in [4.78, 5) is 13.2. The number of nitrogens with one attached hydrogen (secondary N) is 1. The number of carbonyl (C=O) groups excluding carboxylic acids is 1. The number of benzene rings is 2. The van der Waals surface area contributed by atoms with Gasteiger partial charge in [0.05, 0.1) is 5.25 Å². The number of hydrogen-bond donors (Lipinski definition) is 1. The van der Waals surface area contributed by atoms with Gasteiger partial charge in [-0.15, -0.1) is 11.8 Å². The lowest BCUT2D eigenvalue weighted by Crippen LogP contribution is -2.30. The fourth-order valence-corrected chi connectivity index (χ4v) is 2.94. The maximum atomic E-state index is 12.1. The van der Waals surface area contributed by atoms with Crippen molar-refractivity contribution in [2.45, 2.75) is 30.5 Å². The minimum Gasteiger partial charge on any atom is -0.351 e. The number of aryl methyl sites for hydroxylation is 1. The third kappa shape index (κ3) is 5.10. The van der Waals surface area contributed by atoms with Gasteiger partial charge in [-0.3, -0.25) is 4.79 Å². The van der Waals surface area contributed by atoms with E-state index in [9.17, 15) is 4.79 Å². The Morgan fingerprint density at radius 3 is 2.62 bits per heavy atom. The van der Waals surface area contributed by atoms with Gasteiger partial charge < -0.3 is 5.32 Å². The van der Waals surface area contributed by atoms with Crippen LogP contribution >= 0.6 is 23.4 Å². The van der Waals surface area contributed by atoms with Crippen LogP contribution < -0.4 is 5.32 Å². The van der Waals surface area contributed by atoms with E-state index in [-0.39, 0.29) is 11.2 Å². The van der Waals surface area contributed by atoms with Gasteiger partial charge in [0, 0.05) is 16.5 Å². The van der Waals surface area contributed by atoms with Gasteiger partial charge in [0.25, 0.3) is 0 Å². The van der Waals surface area contributed by atoms with E-state index in [0.717, 1.165) is 10.5 Å². The molecule has 0 spiro atoms. The smallest absolute Gasteiger partial charge is 0.233 e. The van der Waals surface area contributed by atoms with Gasteiger partial charge in [-0.1, -0.05) is 41.4 Å². The van der Waals surface area contributed by atoms with Crippen molar-refractivity contribution in [2.75, 3.05) is 0 Å². The summed E-state index contributed by atoms with van der Waals surface area (Å²) >= 11 is 7.38. The Labute approximate surface area is 134 Å². The average molecular weight is 320 g/mol. The zero-order chi connectivity index (χ0) is 15.2. The molecule has 2 nitrogen and oxygen atoms in total. The van der Waals surface area contributed by atoms with Crippen molar-refractivity contribution < 1.29 is 4.79 Å². The molecule has 0 aliphatic rings. The number of carbonyl (C=O) groups is 1. The average Bonchev–Trinajstić information content (AvgIpc) is 2.47. The predicted molar refractivity (Wildman–Crippen MR) is 89.8 cm³/mol. The summed E-state index contributed by atoms with van der Waals surface area (Å²) in [6.45, 7) is 4.52. The summed E-state index contributed by atoms with van der Waals surface area (Å²) in [7, 11) is 0. The molecule has 0 radical (unpaired) electrons. The number of halogens is 1. The highest BCUT2D eigenvalue weighted by atomic mass is 35.5. The highest BCUT2D eigenvalue weighted by molar-refractivity contribution is 8.00. The van der Waals surface area contributed by atoms with E-state index in [1.54, 1.807) is 0 Å². The Kier molecular flexibility index (Phi) is 5.71. The Morgan fingerprint density at radius 2 is 1.95 bits per heavy atom. The first kappa shape index (κ1) is 15.9. The van der Waals surface area contributed by atoms with Crippen LogP contribution in [0.15, 0.2) is 53.4 Å². The van der Waals surface area contributed by atoms with Gasteiger partial charge in [-0.25, -0.2) is 0 Å². The van der Waals surface area contributed by atoms with Crippen LogP contribution in [0.1, 0.15) is 18.1 Å². The molecular weight excluding hydrogens is 302 g/mol. The molecule has 0 bridgehead atoms. The monoisotopic (exact) mass is 319 g/mol. The van der Waals surface area contributed by atoms with Crippen molar-refractivity contribution in [3.05, 3.63) is 64.7 Å². The second-order valence-electron chi connectivity index (χ2n) is 4.92. The SMILES string of the molecule is Cc1cccc(CNC(=O)[C@H](C)Sc2ccc(Cl)cc2)c1. The van der Waals surface area contributed by atoms with Crippen LogP contribution in [0.25, 0.3) is 0 Å². The zero-order valence-electron chi connectivity index (χ0n) is 12.1. The molecule has 0 unspecified atom stereocenters. The first-order valence-electron chi connectivity index (χ1n) is 6.80. The van der Waals surface area contributed by atoms with E-state index in [4.69, 9.17) is 11.6 Å². The summed E-state index contributed by atoms with van der Waals surface area (Å²) in [6.07, 6.45) is 0. The fourth-order valence-electron chi connectivity index (χ4n) is 1.93. The van der Waals surface area contributed by atoms with E-state index in [1.165, 1.54) is 17.3 Å². The van der Waals surface area contributed by atoms with Gasteiger partial charge in [0.1, 0.15) is 0 Å². The Balaban J connectivity index is 1.86. The lowest BCUT2D eigenvalue weighted by Gasteiger charge is -2.12. The summed E-state index contributed by atoms with van der Waals surface area (Å²) < 4.78 is 0. The quantitative estimate of drug-likeness (QED) is 0.825. The number of hydrogen-bond acceptors (Lipinski definition) is 2. The first-order chi connectivity index (χ1) is 10.0. The number of rotatable bonds is 5. The molecule has 0 aromatic heterocycles. The van der Waals surface area contributed by atoms with Gasteiger partial charge in [0.2, 0.25) is 5.91 Å². The summed E-state index contributed by atoms with van der Waals surface area (Å²) in [5.41, 5.74) is 2.32. The van der Waals surface area contributed by atoms with Crippen LogP contribution in [0.5, 0.6) is 0 Å². The maximum absolute atomic E-state index is 12.1. The van der Waals surface area contributed by atoms with Crippen molar-refractivity contribution in [3.63, 3.8) is 0 Å². The normalized spacial score (nSPS) is 12.0. The van der Waals surface area contributed by atoms with E-state index < -0.39 is 0 Å². The van der Waals surface area contributed by atoms with Crippen LogP contribution in [0.3, 0.4) is 0 Å². The second-order valence-corrected chi connectivity index (χ2v) is 6.77. The number of thioether (sulfide) groups is 1. The molecule has 0 fully saturated rings. The Hall–Kier alpha value is -1.45. The molecule has 0 aliphatic carbocycles. The van der Waals surface area contributed by atoms with Crippen molar-refractivity contribution >= 4 is 29.3 Å². The first-order valence-corrected chi connectivity index (χ1v) is 8.06. The van der Waals surface area contributed by atoms with Crippen molar-refractivity contribution in [1.29, 1.82) is 0 Å². The molecule has 2 aromatic carbocycles. The summed E-state index contributed by atoms with van der Waals surface area (Å²) in [5.74, 6) is 0.0384. The fraction of sp³-hybridized carbons (Fsp3) is 0.235. The van der Waals surface area contributed by atoms with Crippen LogP contribution in [-0.4, -0.2) is 11.2 Å². The molecule has 21 heavy (non-hydrogen) atoms. The molecule has 0 saturated heterocycles. The molecule has 0 heterocycles. The second kappa shape index (κ2) is 7.53. The third-order valence-corrected chi connectivity index (χ3v) is 4.41. The molecule has 1 amide bonds. The van der Waals surface area contributed by atoms with Crippen LogP contribution in [0, 0.1) is 6.92 Å². The Bertz CT molecular complexity index is 612. The molecular formula is C17H18ClNOS. The molecule has 110 valence electrons. The third-order valence-electron chi connectivity index (χ3n) is 3.04. The van der Waals surface area contributed by atoms with Gasteiger partial charge >= 0.3 is 0 Å². The highest BCUT2D eigenvalue weighted by Crippen LogP contribution is 2.24. The largest absolute Gasteiger partial charge is 0.351 e. The molecule has 0 aliphatic heterocycles. The molecule has 2 aromatic rings. The Morgan fingerprint density at radius 1 is 1.24 bits per heavy atom. The lowest BCUT2D eigenvalue weighted by molar-refractivity contribution is -0.120. The van der Waals surface area contributed by atoms with E-state index in [1.807, 2.05) is 56.3 Å². The molecule has 2 rings (SSSR count). The van der Waals surface area contributed by atoms with Crippen molar-refractivity contribution in [1.82, 2.24) is 5.32 Å². The van der Waals surface area contributed by atoms with Gasteiger partial charge in [-0.05, 0) is 43.7 Å². The van der Waals surface area contributed by atoms with E-state index >= 15 is 0 Å². The van der Waals surface area contributed by atoms with Crippen molar-refractivity contribution in [3.8, 4) is 0 Å². The van der Waals surface area contributed by atoms with Crippen LogP contribution in [0.4, 0.5) is 0 Å². The van der Waals surface area contributed by atoms with E-state index in [0.29, 0.717) is 11.6 Å². The van der Waals surface area contributed by atoms with E-state index in [2.05, 4.69) is 11.4 Å². The highest BCUT2D eigenvalue weighted by Gasteiger charge is 2.13. The standard InChI is InChI=1S/C17H18ClNOS/c1-12-4-3-5-14(10-12)11-19-17(20)13(2)21-16-8-6-15(18)7-9-16/h3-10,13H,11H2,1-2H3,(H,19,20)/t13-/m0/s1. The topological polar surface area (TPSA) is 29.1 Å². The molecule has 0 saturated carbocycles. The van der Waals surface area contributed by atoms with Gasteiger partial charge in [-0.2, -0.15) is 0 Å². The molecule has 4 heteroatoms. The number of amides is 1.